The fraction of sp³-hybridized carbons (Fsp3) is 0.0526. The number of hydrogen-bond acceptors (Lipinski definition) is 7. The molecule has 0 spiro atoms. The Labute approximate surface area is 276 Å². The van der Waals surface area contributed by atoms with Gasteiger partial charge >= 0.3 is 0 Å². The summed E-state index contributed by atoms with van der Waals surface area (Å²) in [6.45, 7) is 7.87. The lowest BCUT2D eigenvalue weighted by molar-refractivity contribution is 0.198. The first kappa shape index (κ1) is 29.5. The van der Waals surface area contributed by atoms with E-state index in [4.69, 9.17) is 16.2 Å². The monoisotopic (exact) mass is 634 g/mol. The molecule has 2 aliphatic heterocycles. The normalized spacial score (nSPS) is 13.1. The van der Waals surface area contributed by atoms with Gasteiger partial charge < -0.3 is 0 Å². The molecule has 2 heterocycles. The fourth-order valence-corrected chi connectivity index (χ4v) is 7.72. The Balaban J connectivity index is 1.15. The predicted molar refractivity (Wildman–Crippen MR) is 188 cm³/mol. The Bertz CT molecular complexity index is 1990. The second-order valence-corrected chi connectivity index (χ2v) is 12.6. The molecule has 2 aliphatic rings. The van der Waals surface area contributed by atoms with E-state index in [1.807, 2.05) is 95.1 Å². The van der Waals surface area contributed by atoms with Crippen LogP contribution in [0.1, 0.15) is 27.8 Å². The zero-order valence-electron chi connectivity index (χ0n) is 25.0. The minimum absolute atomic E-state index is 0.482. The molecule has 5 aromatic carbocycles. The van der Waals surface area contributed by atoms with Gasteiger partial charge in [0.2, 0.25) is 0 Å². The maximum Gasteiger partial charge on any atom is 0.194 e. The van der Waals surface area contributed by atoms with Crippen LogP contribution < -0.4 is 10.1 Å². The highest BCUT2D eigenvalue weighted by Crippen LogP contribution is 2.49. The number of rotatable bonds is 6. The molecule has 0 atom stereocenters. The molecule has 0 saturated heterocycles. The zero-order valence-corrected chi connectivity index (χ0v) is 26.6. The first-order valence-electron chi connectivity index (χ1n) is 14.4. The van der Waals surface area contributed by atoms with Crippen molar-refractivity contribution in [3.05, 3.63) is 136 Å². The lowest BCUT2D eigenvalue weighted by atomic mass is 10.0. The van der Waals surface area contributed by atoms with Crippen molar-refractivity contribution in [2.75, 3.05) is 24.3 Å². The molecule has 0 bridgehead atoms. The van der Waals surface area contributed by atoms with Crippen LogP contribution in [0.25, 0.3) is 29.1 Å². The minimum Gasteiger partial charge on any atom is -0.272 e. The van der Waals surface area contributed by atoms with Gasteiger partial charge in [0.05, 0.1) is 55.2 Å². The third-order valence-electron chi connectivity index (χ3n) is 7.73. The van der Waals surface area contributed by atoms with Gasteiger partial charge in [-0.3, -0.25) is 9.68 Å². The molecule has 8 heteroatoms. The maximum absolute atomic E-state index is 10.0. The number of benzene rings is 5. The Morgan fingerprint density at radius 2 is 1.13 bits per heavy atom. The van der Waals surface area contributed by atoms with E-state index in [2.05, 4.69) is 35.2 Å². The zero-order chi connectivity index (χ0) is 31.6. The highest BCUT2D eigenvalue weighted by Gasteiger charge is 2.24. The highest BCUT2D eigenvalue weighted by molar-refractivity contribution is 8.00. The molecule has 0 aromatic heterocycles. The van der Waals surface area contributed by atoms with Crippen LogP contribution >= 0.6 is 23.5 Å². The molecule has 0 unspecified atom stereocenters. The van der Waals surface area contributed by atoms with Crippen LogP contribution in [0.4, 0.5) is 28.4 Å². The summed E-state index contributed by atoms with van der Waals surface area (Å²) >= 11 is 3.40. The Morgan fingerprint density at radius 1 is 0.630 bits per heavy atom. The number of para-hydroxylation sites is 2. The molecular formula is C38H26N4O2S2. The molecule has 0 fully saturated rings. The fourth-order valence-electron chi connectivity index (χ4n) is 5.54. The first-order chi connectivity index (χ1) is 22.6. The Kier molecular flexibility index (Phi) is 8.11. The van der Waals surface area contributed by atoms with Crippen molar-refractivity contribution >= 4 is 76.3 Å². The molecule has 0 saturated carbocycles. The van der Waals surface area contributed by atoms with Gasteiger partial charge in [0, 0.05) is 19.6 Å². The summed E-state index contributed by atoms with van der Waals surface area (Å²) in [4.78, 5) is 19.6. The first-order valence-corrected chi connectivity index (χ1v) is 16.1. The molecule has 0 N–H and O–H groups in total. The quantitative estimate of drug-likeness (QED) is 0.136. The van der Waals surface area contributed by atoms with E-state index >= 15 is 0 Å². The predicted octanol–water partition coefficient (Wildman–Crippen LogP) is 10.8. The van der Waals surface area contributed by atoms with E-state index in [1.54, 1.807) is 49.9 Å². The second kappa shape index (κ2) is 12.6. The molecular weight excluding hydrogens is 609 g/mol. The van der Waals surface area contributed by atoms with Crippen molar-refractivity contribution in [1.29, 1.82) is 5.26 Å². The van der Waals surface area contributed by atoms with Crippen molar-refractivity contribution < 1.29 is 9.68 Å². The SMILES string of the molecule is [C-]#[N+]c1cc(C=Cc2ccc3c(c2)Sc2ccccc2N3OC)c(C#N)cc1C=Cc1ccc2c(c1)Sc1ccccc1N2OC. The van der Waals surface area contributed by atoms with Crippen LogP contribution in [0.3, 0.4) is 0 Å². The van der Waals surface area contributed by atoms with E-state index in [-0.39, 0.29) is 0 Å². The lowest BCUT2D eigenvalue weighted by Gasteiger charge is -2.30. The maximum atomic E-state index is 10.0. The van der Waals surface area contributed by atoms with Crippen LogP contribution in [-0.4, -0.2) is 14.2 Å². The summed E-state index contributed by atoms with van der Waals surface area (Å²) in [7, 11) is 3.34. The molecule has 0 amide bonds. The number of anilines is 4. The number of nitriles is 1. The van der Waals surface area contributed by atoms with Crippen molar-refractivity contribution in [3.8, 4) is 6.07 Å². The number of hydrogen-bond donors (Lipinski definition) is 0. The van der Waals surface area contributed by atoms with Crippen molar-refractivity contribution in [1.82, 2.24) is 0 Å². The van der Waals surface area contributed by atoms with E-state index in [9.17, 15) is 5.26 Å². The third-order valence-corrected chi connectivity index (χ3v) is 9.95. The number of fused-ring (bicyclic) bond motifs is 4. The smallest absolute Gasteiger partial charge is 0.194 e. The van der Waals surface area contributed by atoms with Crippen molar-refractivity contribution in [2.24, 2.45) is 0 Å². The standard InChI is InChI=1S/C38H26N4O2S2/c1-40-30-23-27(16-12-25-14-18-33-37(20-25)45-35-10-6-4-8-31(35)41(33)43-2)29(24-39)22-28(30)17-13-26-15-19-34-38(21-26)46-36-11-7-5-9-32(36)42(34)44-3/h4-23H,2-3H3. The third kappa shape index (κ3) is 5.45. The van der Waals surface area contributed by atoms with Gasteiger partial charge in [-0.1, -0.05) is 84.2 Å². The van der Waals surface area contributed by atoms with Gasteiger partial charge in [-0.15, -0.1) is 0 Å². The minimum atomic E-state index is 0.482. The summed E-state index contributed by atoms with van der Waals surface area (Å²) in [6, 6.07) is 34.5. The van der Waals surface area contributed by atoms with Crippen molar-refractivity contribution in [3.63, 3.8) is 0 Å². The second-order valence-electron chi connectivity index (χ2n) is 10.4. The van der Waals surface area contributed by atoms with Crippen LogP contribution in [0.15, 0.2) is 117 Å². The summed E-state index contributed by atoms with van der Waals surface area (Å²) in [6.07, 6.45) is 7.76. The summed E-state index contributed by atoms with van der Waals surface area (Å²) in [5, 5.41) is 13.7. The van der Waals surface area contributed by atoms with Crippen LogP contribution in [0.5, 0.6) is 0 Å². The van der Waals surface area contributed by atoms with Gasteiger partial charge in [-0.25, -0.2) is 15.0 Å². The lowest BCUT2D eigenvalue weighted by Crippen LogP contribution is -2.18. The number of nitrogens with zero attached hydrogens (tertiary/aromatic N) is 4. The molecule has 7 rings (SSSR count). The topological polar surface area (TPSA) is 53.1 Å². The Morgan fingerprint density at radius 3 is 1.63 bits per heavy atom. The highest BCUT2D eigenvalue weighted by atomic mass is 32.2. The van der Waals surface area contributed by atoms with Gasteiger partial charge in [-0.2, -0.15) is 5.26 Å². The molecule has 222 valence electrons. The van der Waals surface area contributed by atoms with E-state index in [0.717, 1.165) is 53.5 Å². The van der Waals surface area contributed by atoms with Gasteiger partial charge in [-0.05, 0) is 82.9 Å². The van der Waals surface area contributed by atoms with Crippen LogP contribution in [-0.2, 0) is 9.68 Å². The van der Waals surface area contributed by atoms with Crippen molar-refractivity contribution in [2.45, 2.75) is 19.6 Å². The van der Waals surface area contributed by atoms with Crippen LogP contribution in [0, 0.1) is 17.9 Å². The molecule has 6 nitrogen and oxygen atoms in total. The Hall–Kier alpha value is -5.22. The van der Waals surface area contributed by atoms with Gasteiger partial charge in [0.15, 0.2) is 5.69 Å². The van der Waals surface area contributed by atoms with Gasteiger partial charge in [0.25, 0.3) is 0 Å². The van der Waals surface area contributed by atoms with Crippen LogP contribution in [0.2, 0.25) is 0 Å². The van der Waals surface area contributed by atoms with E-state index in [0.29, 0.717) is 22.4 Å². The molecule has 0 aliphatic carbocycles. The average Bonchev–Trinajstić information content (AvgIpc) is 3.10. The summed E-state index contributed by atoms with van der Waals surface area (Å²) in [5.41, 5.74) is 8.33. The van der Waals surface area contributed by atoms with Gasteiger partial charge in [0.1, 0.15) is 0 Å². The molecule has 0 radical (unpaired) electrons. The summed E-state index contributed by atoms with van der Waals surface area (Å²) in [5.74, 6) is 0. The molecule has 5 aromatic rings. The summed E-state index contributed by atoms with van der Waals surface area (Å²) < 4.78 is 0. The van der Waals surface area contributed by atoms with E-state index in [1.165, 1.54) is 0 Å². The largest absolute Gasteiger partial charge is 0.272 e. The molecule has 46 heavy (non-hydrogen) atoms. The average molecular weight is 635 g/mol. The van der Waals surface area contributed by atoms with E-state index < -0.39 is 0 Å².